The molecule has 3 nitrogen and oxygen atoms in total. The summed E-state index contributed by atoms with van der Waals surface area (Å²) in [4.78, 5) is 4.47. The van der Waals surface area contributed by atoms with E-state index in [0.29, 0.717) is 12.5 Å². The number of aromatic nitrogens is 2. The summed E-state index contributed by atoms with van der Waals surface area (Å²) in [6.07, 6.45) is -2.50. The lowest BCUT2D eigenvalue weighted by molar-refractivity contribution is -0.136. The van der Waals surface area contributed by atoms with E-state index in [9.17, 15) is 13.2 Å². The van der Waals surface area contributed by atoms with Crippen LogP contribution in [0.25, 0.3) is 11.0 Å². The Bertz CT molecular complexity index is 837. The minimum Gasteiger partial charge on any atom is -0.325 e. The highest BCUT2D eigenvalue weighted by molar-refractivity contribution is 5.80. The van der Waals surface area contributed by atoms with Gasteiger partial charge in [0.25, 0.3) is 0 Å². The first-order valence-electron chi connectivity index (χ1n) is 7.89. The second kappa shape index (κ2) is 6.55. The van der Waals surface area contributed by atoms with Crippen LogP contribution < -0.4 is 5.32 Å². The molecule has 1 heterocycles. The molecule has 0 amide bonds. The van der Waals surface area contributed by atoms with E-state index in [2.05, 4.69) is 17.2 Å². The van der Waals surface area contributed by atoms with Gasteiger partial charge in [-0.3, -0.25) is 0 Å². The maximum Gasteiger partial charge on any atom is 0.418 e. The topological polar surface area (TPSA) is 29.9 Å². The van der Waals surface area contributed by atoms with Crippen molar-refractivity contribution in [2.75, 3.05) is 5.32 Å². The summed E-state index contributed by atoms with van der Waals surface area (Å²) in [6, 6.07) is 13.0. The molecule has 0 bridgehead atoms. The maximum absolute atomic E-state index is 13.2. The number of unbranched alkanes of at least 4 members (excludes halogenated alkanes) is 1. The number of para-hydroxylation sites is 3. The van der Waals surface area contributed by atoms with E-state index >= 15 is 0 Å². The lowest BCUT2D eigenvalue weighted by Crippen LogP contribution is -2.11. The Balaban J connectivity index is 2.04. The molecule has 0 spiro atoms. The molecule has 1 N–H and O–H groups in total. The molecule has 3 aromatic rings. The Labute approximate surface area is 138 Å². The molecule has 126 valence electrons. The van der Waals surface area contributed by atoms with Crippen LogP contribution in [-0.2, 0) is 12.7 Å². The van der Waals surface area contributed by atoms with Crippen molar-refractivity contribution in [3.63, 3.8) is 0 Å². The average molecular weight is 333 g/mol. The largest absolute Gasteiger partial charge is 0.418 e. The molecule has 0 aliphatic rings. The molecule has 1 aromatic heterocycles. The Kier molecular flexibility index (Phi) is 4.46. The standard InChI is InChI=1S/C18H18F3N3/c1-2-3-12-24-16-11-7-6-10-15(16)23-17(24)22-14-9-5-4-8-13(14)18(19,20)21/h4-11H,2-3,12H2,1H3,(H,22,23). The molecular weight excluding hydrogens is 315 g/mol. The van der Waals surface area contributed by atoms with Crippen LogP contribution in [0.2, 0.25) is 0 Å². The van der Waals surface area contributed by atoms with Gasteiger partial charge in [-0.25, -0.2) is 4.98 Å². The fourth-order valence-electron chi connectivity index (χ4n) is 2.67. The van der Waals surface area contributed by atoms with E-state index in [0.717, 1.165) is 29.9 Å². The summed E-state index contributed by atoms with van der Waals surface area (Å²) in [6.45, 7) is 2.78. The van der Waals surface area contributed by atoms with Crippen LogP contribution in [-0.4, -0.2) is 9.55 Å². The van der Waals surface area contributed by atoms with Crippen LogP contribution in [0.5, 0.6) is 0 Å². The molecule has 0 fully saturated rings. The van der Waals surface area contributed by atoms with E-state index in [1.54, 1.807) is 6.07 Å². The van der Waals surface area contributed by atoms with Crippen molar-refractivity contribution in [3.05, 3.63) is 54.1 Å². The molecular formula is C18H18F3N3. The average Bonchev–Trinajstić information content (AvgIpc) is 2.89. The Hall–Kier alpha value is -2.50. The maximum atomic E-state index is 13.2. The normalized spacial score (nSPS) is 11.8. The van der Waals surface area contributed by atoms with E-state index in [1.807, 2.05) is 28.8 Å². The first-order chi connectivity index (χ1) is 11.5. The number of benzene rings is 2. The fraction of sp³-hybridized carbons (Fsp3) is 0.278. The summed E-state index contributed by atoms with van der Waals surface area (Å²) in [5, 5.41) is 2.88. The predicted molar refractivity (Wildman–Crippen MR) is 89.4 cm³/mol. The van der Waals surface area contributed by atoms with Gasteiger partial charge in [0.05, 0.1) is 22.3 Å². The third-order valence-corrected chi connectivity index (χ3v) is 3.87. The molecule has 0 unspecified atom stereocenters. The minimum atomic E-state index is -4.41. The van der Waals surface area contributed by atoms with Gasteiger partial charge in [0.15, 0.2) is 0 Å². The third-order valence-electron chi connectivity index (χ3n) is 3.87. The second-order valence-corrected chi connectivity index (χ2v) is 5.60. The highest BCUT2D eigenvalue weighted by atomic mass is 19.4. The van der Waals surface area contributed by atoms with E-state index in [-0.39, 0.29) is 5.69 Å². The summed E-state index contributed by atoms with van der Waals surface area (Å²) in [5.74, 6) is 0.432. The molecule has 0 radical (unpaired) electrons. The van der Waals surface area contributed by atoms with Crippen molar-refractivity contribution in [3.8, 4) is 0 Å². The van der Waals surface area contributed by atoms with Gasteiger partial charge in [-0.05, 0) is 30.7 Å². The zero-order valence-electron chi connectivity index (χ0n) is 13.3. The van der Waals surface area contributed by atoms with Crippen molar-refractivity contribution < 1.29 is 13.2 Å². The van der Waals surface area contributed by atoms with Crippen molar-refractivity contribution in [2.45, 2.75) is 32.5 Å². The quantitative estimate of drug-likeness (QED) is 0.659. The van der Waals surface area contributed by atoms with Crippen molar-refractivity contribution in [1.82, 2.24) is 9.55 Å². The predicted octanol–water partition coefficient (Wildman–Crippen LogP) is 5.60. The van der Waals surface area contributed by atoms with Gasteiger partial charge in [-0.1, -0.05) is 37.6 Å². The lowest BCUT2D eigenvalue weighted by Gasteiger charge is -2.15. The summed E-state index contributed by atoms with van der Waals surface area (Å²) in [5.41, 5.74) is 0.996. The molecule has 0 saturated carbocycles. The first kappa shape index (κ1) is 16.4. The fourth-order valence-corrected chi connectivity index (χ4v) is 2.67. The number of nitrogens with one attached hydrogen (secondary N) is 1. The number of imidazole rings is 1. The molecule has 0 saturated heterocycles. The number of hydrogen-bond donors (Lipinski definition) is 1. The molecule has 2 aromatic carbocycles. The SMILES string of the molecule is CCCCn1c(Nc2ccccc2C(F)(F)F)nc2ccccc21. The van der Waals surface area contributed by atoms with E-state index in [4.69, 9.17) is 0 Å². The van der Waals surface area contributed by atoms with Crippen molar-refractivity contribution in [2.24, 2.45) is 0 Å². The van der Waals surface area contributed by atoms with E-state index in [1.165, 1.54) is 12.1 Å². The number of aryl methyl sites for hydroxylation is 1. The van der Waals surface area contributed by atoms with Crippen molar-refractivity contribution >= 4 is 22.7 Å². The van der Waals surface area contributed by atoms with Crippen molar-refractivity contribution in [1.29, 1.82) is 0 Å². The van der Waals surface area contributed by atoms with Gasteiger partial charge in [0, 0.05) is 6.54 Å². The molecule has 6 heteroatoms. The first-order valence-corrected chi connectivity index (χ1v) is 7.89. The van der Waals surface area contributed by atoms with E-state index < -0.39 is 11.7 Å². The zero-order valence-corrected chi connectivity index (χ0v) is 13.3. The number of hydrogen-bond acceptors (Lipinski definition) is 2. The monoisotopic (exact) mass is 333 g/mol. The summed E-state index contributed by atoms with van der Waals surface area (Å²) >= 11 is 0. The van der Waals surface area contributed by atoms with Gasteiger partial charge in [-0.2, -0.15) is 13.2 Å². The van der Waals surface area contributed by atoms with Gasteiger partial charge in [0.2, 0.25) is 5.95 Å². The molecule has 0 atom stereocenters. The number of fused-ring (bicyclic) bond motifs is 1. The number of rotatable bonds is 5. The highest BCUT2D eigenvalue weighted by Gasteiger charge is 2.33. The Morgan fingerprint density at radius 2 is 1.75 bits per heavy atom. The molecule has 3 rings (SSSR count). The molecule has 0 aliphatic carbocycles. The van der Waals surface area contributed by atoms with Gasteiger partial charge in [0.1, 0.15) is 0 Å². The Morgan fingerprint density at radius 3 is 2.50 bits per heavy atom. The lowest BCUT2D eigenvalue weighted by atomic mass is 10.1. The van der Waals surface area contributed by atoms with Gasteiger partial charge >= 0.3 is 6.18 Å². The second-order valence-electron chi connectivity index (χ2n) is 5.60. The highest BCUT2D eigenvalue weighted by Crippen LogP contribution is 2.36. The van der Waals surface area contributed by atoms with Crippen LogP contribution in [0, 0.1) is 0 Å². The third kappa shape index (κ3) is 3.22. The van der Waals surface area contributed by atoms with Crippen LogP contribution in [0.4, 0.5) is 24.8 Å². The number of nitrogens with zero attached hydrogens (tertiary/aromatic N) is 2. The van der Waals surface area contributed by atoms with Crippen LogP contribution in [0.15, 0.2) is 48.5 Å². The van der Waals surface area contributed by atoms with Crippen LogP contribution in [0.1, 0.15) is 25.3 Å². The molecule has 24 heavy (non-hydrogen) atoms. The zero-order chi connectivity index (χ0) is 17.2. The number of anilines is 2. The smallest absolute Gasteiger partial charge is 0.325 e. The summed E-state index contributed by atoms with van der Waals surface area (Å²) in [7, 11) is 0. The van der Waals surface area contributed by atoms with Crippen LogP contribution >= 0.6 is 0 Å². The summed E-state index contributed by atoms with van der Waals surface area (Å²) < 4.78 is 41.5. The molecule has 0 aliphatic heterocycles. The van der Waals surface area contributed by atoms with Crippen LogP contribution in [0.3, 0.4) is 0 Å². The van der Waals surface area contributed by atoms with Gasteiger partial charge in [-0.15, -0.1) is 0 Å². The number of alkyl halides is 3. The number of halogens is 3. The Morgan fingerprint density at radius 1 is 1.04 bits per heavy atom. The van der Waals surface area contributed by atoms with Gasteiger partial charge < -0.3 is 9.88 Å². The minimum absolute atomic E-state index is 0.0121.